The Labute approximate surface area is 167 Å². The highest BCUT2D eigenvalue weighted by molar-refractivity contribution is 6.10. The molecule has 0 aliphatic carbocycles. The van der Waals surface area contributed by atoms with Crippen molar-refractivity contribution in [2.24, 2.45) is 0 Å². The molecule has 0 amide bonds. The number of benzene rings is 3. The molecule has 0 N–H and O–H groups in total. The molecule has 0 spiro atoms. The van der Waals surface area contributed by atoms with Crippen LogP contribution in [0.1, 0.15) is 5.56 Å². The Bertz CT molecular complexity index is 1360. The standard InChI is InChI=1S/C24H17N4O/c1-16-11-12-19-18-9-5-6-10-20(18)29-22(19)21(16)28-15-27(17-7-3-2-4-8-17)23-24(28)26-14-13-25-23/h2-15H,1H3. The van der Waals surface area contributed by atoms with Crippen molar-refractivity contribution in [1.29, 1.82) is 0 Å². The van der Waals surface area contributed by atoms with Gasteiger partial charge < -0.3 is 4.42 Å². The minimum Gasteiger partial charge on any atom is -0.454 e. The maximum absolute atomic E-state index is 6.30. The largest absolute Gasteiger partial charge is 0.454 e. The summed E-state index contributed by atoms with van der Waals surface area (Å²) in [6, 6.07) is 22.6. The lowest BCUT2D eigenvalue weighted by Crippen LogP contribution is -2.18. The van der Waals surface area contributed by atoms with Crippen molar-refractivity contribution in [3.05, 3.63) is 91.4 Å². The van der Waals surface area contributed by atoms with Gasteiger partial charge in [0.15, 0.2) is 23.9 Å². The van der Waals surface area contributed by atoms with Crippen LogP contribution >= 0.6 is 0 Å². The normalized spacial score (nSPS) is 13.4. The van der Waals surface area contributed by atoms with Gasteiger partial charge in [-0.1, -0.05) is 48.5 Å². The number of rotatable bonds is 2. The van der Waals surface area contributed by atoms with E-state index in [2.05, 4.69) is 57.0 Å². The lowest BCUT2D eigenvalue weighted by Gasteiger charge is -2.21. The molecule has 0 unspecified atom stereocenters. The summed E-state index contributed by atoms with van der Waals surface area (Å²) >= 11 is 0. The van der Waals surface area contributed by atoms with Crippen molar-refractivity contribution in [3.8, 4) is 0 Å². The fraction of sp³-hybridized carbons (Fsp3) is 0.0417. The van der Waals surface area contributed by atoms with Gasteiger partial charge in [0, 0.05) is 28.9 Å². The molecule has 5 nitrogen and oxygen atoms in total. The van der Waals surface area contributed by atoms with Gasteiger partial charge in [-0.15, -0.1) is 0 Å². The minimum atomic E-state index is 0.785. The monoisotopic (exact) mass is 377 g/mol. The maximum atomic E-state index is 6.30. The summed E-state index contributed by atoms with van der Waals surface area (Å²) in [7, 11) is 0. The van der Waals surface area contributed by atoms with Crippen LogP contribution < -0.4 is 9.80 Å². The Morgan fingerprint density at radius 1 is 0.724 bits per heavy atom. The molecule has 6 rings (SSSR count). The third-order valence-electron chi connectivity index (χ3n) is 5.35. The van der Waals surface area contributed by atoms with E-state index in [9.17, 15) is 0 Å². The van der Waals surface area contributed by atoms with E-state index in [-0.39, 0.29) is 0 Å². The fourth-order valence-corrected chi connectivity index (χ4v) is 4.00. The van der Waals surface area contributed by atoms with Gasteiger partial charge in [0.05, 0.1) is 5.69 Å². The average Bonchev–Trinajstić information content (AvgIpc) is 3.33. The third-order valence-corrected chi connectivity index (χ3v) is 5.35. The average molecular weight is 377 g/mol. The smallest absolute Gasteiger partial charge is 0.178 e. The number of nitrogens with zero attached hydrogens (tertiary/aromatic N) is 4. The van der Waals surface area contributed by atoms with Crippen LogP contribution in [0.15, 0.2) is 83.5 Å². The molecule has 0 fully saturated rings. The second kappa shape index (κ2) is 6.07. The topological polar surface area (TPSA) is 45.4 Å². The Morgan fingerprint density at radius 3 is 2.28 bits per heavy atom. The van der Waals surface area contributed by atoms with Crippen LogP contribution in [0.25, 0.3) is 21.9 Å². The van der Waals surface area contributed by atoms with Crippen molar-refractivity contribution in [3.63, 3.8) is 0 Å². The minimum absolute atomic E-state index is 0.785. The molecule has 1 aliphatic heterocycles. The van der Waals surface area contributed by atoms with Crippen LogP contribution in [0.4, 0.5) is 23.0 Å². The van der Waals surface area contributed by atoms with E-state index in [4.69, 9.17) is 4.42 Å². The highest BCUT2D eigenvalue weighted by Crippen LogP contribution is 2.47. The van der Waals surface area contributed by atoms with Crippen LogP contribution in [0.3, 0.4) is 0 Å². The Kier molecular flexibility index (Phi) is 3.38. The maximum Gasteiger partial charge on any atom is 0.178 e. The molecule has 139 valence electrons. The second-order valence-corrected chi connectivity index (χ2v) is 7.10. The molecule has 29 heavy (non-hydrogen) atoms. The molecule has 0 saturated carbocycles. The molecule has 3 heterocycles. The zero-order chi connectivity index (χ0) is 19.4. The number of hydrogen-bond donors (Lipinski definition) is 0. The van der Waals surface area contributed by atoms with Crippen LogP contribution in [0.5, 0.6) is 0 Å². The van der Waals surface area contributed by atoms with Crippen molar-refractivity contribution in [2.45, 2.75) is 6.92 Å². The summed E-state index contributed by atoms with van der Waals surface area (Å²) in [4.78, 5) is 13.4. The summed E-state index contributed by atoms with van der Waals surface area (Å²) in [6.45, 7) is 4.13. The van der Waals surface area contributed by atoms with Gasteiger partial charge in [0.1, 0.15) is 5.58 Å². The second-order valence-electron chi connectivity index (χ2n) is 7.10. The highest BCUT2D eigenvalue weighted by Gasteiger charge is 2.34. The van der Waals surface area contributed by atoms with Crippen molar-refractivity contribution < 1.29 is 4.42 Å². The summed E-state index contributed by atoms with van der Waals surface area (Å²) in [5, 5.41) is 2.21. The molecule has 5 heteroatoms. The van der Waals surface area contributed by atoms with E-state index in [0.29, 0.717) is 0 Å². The number of hydrogen-bond acceptors (Lipinski definition) is 5. The van der Waals surface area contributed by atoms with Crippen molar-refractivity contribution >= 4 is 44.9 Å². The number of furan rings is 1. The van der Waals surface area contributed by atoms with E-state index >= 15 is 0 Å². The van der Waals surface area contributed by atoms with Crippen LogP contribution in [-0.2, 0) is 0 Å². The molecule has 1 aliphatic rings. The SMILES string of the molecule is Cc1ccc2c(oc3ccccc32)c1N1[CH]N(c2ccccc2)c2nccnc21. The zero-order valence-electron chi connectivity index (χ0n) is 15.8. The molecule has 0 saturated heterocycles. The Hall–Kier alpha value is -3.86. The van der Waals surface area contributed by atoms with Gasteiger partial charge in [-0.05, 0) is 30.7 Å². The molecule has 3 aromatic carbocycles. The predicted octanol–water partition coefficient (Wildman–Crippen LogP) is 6.09. The first-order chi connectivity index (χ1) is 14.3. The van der Waals surface area contributed by atoms with Gasteiger partial charge >= 0.3 is 0 Å². The Morgan fingerprint density at radius 2 is 1.45 bits per heavy atom. The summed E-state index contributed by atoms with van der Waals surface area (Å²) in [5.74, 6) is 1.58. The number of aromatic nitrogens is 2. The first-order valence-electron chi connectivity index (χ1n) is 9.51. The van der Waals surface area contributed by atoms with Gasteiger partial charge in [-0.2, -0.15) is 0 Å². The molecule has 0 atom stereocenters. The van der Waals surface area contributed by atoms with Gasteiger partial charge in [-0.25, -0.2) is 9.97 Å². The van der Waals surface area contributed by atoms with Crippen LogP contribution in [-0.4, -0.2) is 9.97 Å². The molecule has 1 radical (unpaired) electrons. The van der Waals surface area contributed by atoms with E-state index < -0.39 is 0 Å². The molecular weight excluding hydrogens is 360 g/mol. The van der Waals surface area contributed by atoms with Crippen LogP contribution in [0, 0.1) is 13.6 Å². The lowest BCUT2D eigenvalue weighted by molar-refractivity contribution is 0.668. The molecule has 5 aromatic rings. The molecular formula is C24H17N4O. The molecule has 2 aromatic heterocycles. The van der Waals surface area contributed by atoms with E-state index in [1.54, 1.807) is 12.4 Å². The van der Waals surface area contributed by atoms with E-state index in [0.717, 1.165) is 50.5 Å². The zero-order valence-corrected chi connectivity index (χ0v) is 15.8. The van der Waals surface area contributed by atoms with Crippen molar-refractivity contribution in [1.82, 2.24) is 9.97 Å². The number of anilines is 4. The fourth-order valence-electron chi connectivity index (χ4n) is 4.00. The highest BCUT2D eigenvalue weighted by atomic mass is 16.3. The summed E-state index contributed by atoms with van der Waals surface area (Å²) in [6.07, 6.45) is 3.45. The third kappa shape index (κ3) is 2.34. The number of para-hydroxylation sites is 2. The number of aryl methyl sites for hydroxylation is 1. The molecule has 0 bridgehead atoms. The summed E-state index contributed by atoms with van der Waals surface area (Å²) in [5.41, 5.74) is 4.87. The first-order valence-corrected chi connectivity index (χ1v) is 9.51. The lowest BCUT2D eigenvalue weighted by atomic mass is 10.1. The van der Waals surface area contributed by atoms with Crippen LogP contribution in [0.2, 0.25) is 0 Å². The predicted molar refractivity (Wildman–Crippen MR) is 116 cm³/mol. The quantitative estimate of drug-likeness (QED) is 0.372. The van der Waals surface area contributed by atoms with E-state index in [1.165, 1.54) is 0 Å². The Balaban J connectivity index is 1.59. The van der Waals surface area contributed by atoms with Crippen molar-refractivity contribution in [2.75, 3.05) is 9.80 Å². The first kappa shape index (κ1) is 16.1. The summed E-state index contributed by atoms with van der Waals surface area (Å²) < 4.78 is 6.30. The van der Waals surface area contributed by atoms with E-state index in [1.807, 2.05) is 43.1 Å². The van der Waals surface area contributed by atoms with Gasteiger partial charge in [0.2, 0.25) is 0 Å². The van der Waals surface area contributed by atoms with Gasteiger partial charge in [-0.3, -0.25) is 9.80 Å². The van der Waals surface area contributed by atoms with Gasteiger partial charge in [0.25, 0.3) is 0 Å². The number of fused-ring (bicyclic) bond motifs is 4.